The number of carbonyl (C=O) groups excluding carboxylic acids is 1. The smallest absolute Gasteiger partial charge is 0.224 e. The third-order valence-corrected chi connectivity index (χ3v) is 4.58. The highest BCUT2D eigenvalue weighted by Crippen LogP contribution is 2.27. The van der Waals surface area contributed by atoms with Crippen molar-refractivity contribution in [3.05, 3.63) is 59.9 Å². The SMILES string of the molecule is N[C@@H]1CCC[C@H]1CC(=O)Nc1cccc(COc2cccc(F)c2)c1. The number of nitrogens with two attached hydrogens (primary N) is 1. The highest BCUT2D eigenvalue weighted by molar-refractivity contribution is 5.91. The number of ether oxygens (including phenoxy) is 1. The van der Waals surface area contributed by atoms with Crippen LogP contribution in [0.4, 0.5) is 10.1 Å². The summed E-state index contributed by atoms with van der Waals surface area (Å²) in [6.45, 7) is 0.306. The molecule has 2 aromatic rings. The third-order valence-electron chi connectivity index (χ3n) is 4.58. The molecule has 132 valence electrons. The Morgan fingerprint density at radius 2 is 2.04 bits per heavy atom. The van der Waals surface area contributed by atoms with Crippen molar-refractivity contribution in [2.75, 3.05) is 5.32 Å². The maximum atomic E-state index is 13.2. The minimum absolute atomic E-state index is 0.00875. The normalized spacial score (nSPS) is 19.6. The van der Waals surface area contributed by atoms with Gasteiger partial charge >= 0.3 is 0 Å². The quantitative estimate of drug-likeness (QED) is 0.838. The molecule has 2 atom stereocenters. The van der Waals surface area contributed by atoms with E-state index in [1.807, 2.05) is 24.3 Å². The van der Waals surface area contributed by atoms with E-state index in [9.17, 15) is 9.18 Å². The molecule has 0 spiro atoms. The standard InChI is InChI=1S/C20H23FN2O2/c21-16-6-3-8-18(12-16)25-13-14-4-1-7-17(10-14)23-20(24)11-15-5-2-9-19(15)22/h1,3-4,6-8,10,12,15,19H,2,5,9,11,13,22H2,(H,23,24)/t15-,19+/m0/s1. The minimum atomic E-state index is -0.330. The van der Waals surface area contributed by atoms with E-state index in [1.165, 1.54) is 12.1 Å². The van der Waals surface area contributed by atoms with Crippen molar-refractivity contribution in [2.45, 2.75) is 38.3 Å². The van der Waals surface area contributed by atoms with Gasteiger partial charge in [-0.1, -0.05) is 24.6 Å². The van der Waals surface area contributed by atoms with Gasteiger partial charge in [0, 0.05) is 24.2 Å². The fourth-order valence-electron chi connectivity index (χ4n) is 3.23. The number of rotatable bonds is 6. The van der Waals surface area contributed by atoms with Crippen molar-refractivity contribution in [3.63, 3.8) is 0 Å². The van der Waals surface area contributed by atoms with Gasteiger partial charge in [0.25, 0.3) is 0 Å². The van der Waals surface area contributed by atoms with Gasteiger partial charge in [-0.3, -0.25) is 4.79 Å². The summed E-state index contributed by atoms with van der Waals surface area (Å²) in [5, 5.41) is 2.93. The van der Waals surface area contributed by atoms with Crippen molar-refractivity contribution >= 4 is 11.6 Å². The summed E-state index contributed by atoms with van der Waals surface area (Å²) in [6, 6.07) is 13.6. The molecule has 0 radical (unpaired) electrons. The van der Waals surface area contributed by atoms with Crippen LogP contribution in [0.1, 0.15) is 31.2 Å². The van der Waals surface area contributed by atoms with Crippen molar-refractivity contribution in [2.24, 2.45) is 11.7 Å². The van der Waals surface area contributed by atoms with Crippen LogP contribution in [0.5, 0.6) is 5.75 Å². The fourth-order valence-corrected chi connectivity index (χ4v) is 3.23. The Morgan fingerprint density at radius 1 is 1.20 bits per heavy atom. The molecular formula is C20H23FN2O2. The van der Waals surface area contributed by atoms with E-state index in [0.29, 0.717) is 18.8 Å². The Morgan fingerprint density at radius 3 is 2.80 bits per heavy atom. The molecule has 2 aromatic carbocycles. The van der Waals surface area contributed by atoms with Gasteiger partial charge in [0.05, 0.1) is 0 Å². The summed E-state index contributed by atoms with van der Waals surface area (Å²) in [6.07, 6.45) is 3.60. The van der Waals surface area contributed by atoms with Gasteiger partial charge in [-0.15, -0.1) is 0 Å². The summed E-state index contributed by atoms with van der Waals surface area (Å²) in [5.41, 5.74) is 7.66. The molecule has 5 heteroatoms. The molecule has 0 unspecified atom stereocenters. The van der Waals surface area contributed by atoms with E-state index in [1.54, 1.807) is 12.1 Å². The predicted octanol–water partition coefficient (Wildman–Crippen LogP) is 3.86. The zero-order valence-electron chi connectivity index (χ0n) is 14.1. The zero-order chi connectivity index (χ0) is 17.6. The summed E-state index contributed by atoms with van der Waals surface area (Å²) in [7, 11) is 0. The first-order valence-electron chi connectivity index (χ1n) is 8.63. The van der Waals surface area contributed by atoms with Crippen LogP contribution in [-0.2, 0) is 11.4 Å². The van der Waals surface area contributed by atoms with Crippen LogP contribution in [0.25, 0.3) is 0 Å². The van der Waals surface area contributed by atoms with Crippen molar-refractivity contribution in [3.8, 4) is 5.75 Å². The molecule has 0 bridgehead atoms. The first-order valence-corrected chi connectivity index (χ1v) is 8.63. The second-order valence-corrected chi connectivity index (χ2v) is 6.55. The van der Waals surface area contributed by atoms with E-state index < -0.39 is 0 Å². The Hall–Kier alpha value is -2.40. The number of carbonyl (C=O) groups is 1. The maximum absolute atomic E-state index is 13.2. The van der Waals surface area contributed by atoms with Gasteiger partial charge in [0.1, 0.15) is 18.2 Å². The highest BCUT2D eigenvalue weighted by Gasteiger charge is 2.25. The molecule has 1 amide bonds. The van der Waals surface area contributed by atoms with E-state index in [-0.39, 0.29) is 23.7 Å². The van der Waals surface area contributed by atoms with Crippen molar-refractivity contribution in [1.29, 1.82) is 0 Å². The Bertz CT molecular complexity index is 735. The van der Waals surface area contributed by atoms with Crippen LogP contribution < -0.4 is 15.8 Å². The molecule has 1 aliphatic carbocycles. The monoisotopic (exact) mass is 342 g/mol. The topological polar surface area (TPSA) is 64.4 Å². The van der Waals surface area contributed by atoms with Crippen LogP contribution in [0, 0.1) is 11.7 Å². The first kappa shape index (κ1) is 17.4. The summed E-state index contributed by atoms with van der Waals surface area (Å²) >= 11 is 0. The van der Waals surface area contributed by atoms with E-state index >= 15 is 0 Å². The lowest BCUT2D eigenvalue weighted by Crippen LogP contribution is -2.28. The van der Waals surface area contributed by atoms with Crippen molar-refractivity contribution < 1.29 is 13.9 Å². The molecule has 0 aromatic heterocycles. The average molecular weight is 342 g/mol. The van der Waals surface area contributed by atoms with Gasteiger partial charge in [0.2, 0.25) is 5.91 Å². The second-order valence-electron chi connectivity index (χ2n) is 6.55. The first-order chi connectivity index (χ1) is 12.1. The molecule has 3 N–H and O–H groups in total. The molecular weight excluding hydrogens is 319 g/mol. The summed E-state index contributed by atoms with van der Waals surface area (Å²) in [5.74, 6) is 0.415. The lowest BCUT2D eigenvalue weighted by atomic mass is 10.00. The Kier molecular flexibility index (Phi) is 5.66. The predicted molar refractivity (Wildman–Crippen MR) is 95.7 cm³/mol. The summed E-state index contributed by atoms with van der Waals surface area (Å²) in [4.78, 5) is 12.2. The Labute approximate surface area is 147 Å². The molecule has 0 saturated heterocycles. The molecule has 0 heterocycles. The molecule has 0 aliphatic heterocycles. The van der Waals surface area contributed by atoms with Crippen LogP contribution >= 0.6 is 0 Å². The molecule has 1 saturated carbocycles. The van der Waals surface area contributed by atoms with Crippen LogP contribution in [0.15, 0.2) is 48.5 Å². The zero-order valence-corrected chi connectivity index (χ0v) is 14.1. The lowest BCUT2D eigenvalue weighted by molar-refractivity contribution is -0.117. The largest absolute Gasteiger partial charge is 0.489 e. The van der Waals surface area contributed by atoms with Crippen LogP contribution in [-0.4, -0.2) is 11.9 Å². The molecule has 4 nitrogen and oxygen atoms in total. The fraction of sp³-hybridized carbons (Fsp3) is 0.350. The van der Waals surface area contributed by atoms with Gasteiger partial charge in [-0.25, -0.2) is 4.39 Å². The number of hydrogen-bond acceptors (Lipinski definition) is 3. The van der Waals surface area contributed by atoms with Crippen LogP contribution in [0.3, 0.4) is 0 Å². The molecule has 1 aliphatic rings. The number of hydrogen-bond donors (Lipinski definition) is 2. The molecule has 1 fully saturated rings. The number of amides is 1. The summed E-state index contributed by atoms with van der Waals surface area (Å²) < 4.78 is 18.7. The van der Waals surface area contributed by atoms with Crippen molar-refractivity contribution in [1.82, 2.24) is 0 Å². The number of benzene rings is 2. The average Bonchev–Trinajstić information content (AvgIpc) is 2.98. The van der Waals surface area contributed by atoms with Gasteiger partial charge in [0.15, 0.2) is 0 Å². The molecule has 25 heavy (non-hydrogen) atoms. The van der Waals surface area contributed by atoms with Gasteiger partial charge < -0.3 is 15.8 Å². The van der Waals surface area contributed by atoms with E-state index in [0.717, 1.165) is 30.5 Å². The molecule has 3 rings (SSSR count). The van der Waals surface area contributed by atoms with Crippen LogP contribution in [0.2, 0.25) is 0 Å². The minimum Gasteiger partial charge on any atom is -0.489 e. The van der Waals surface area contributed by atoms with Gasteiger partial charge in [-0.05, 0) is 48.6 Å². The second kappa shape index (κ2) is 8.12. The highest BCUT2D eigenvalue weighted by atomic mass is 19.1. The van der Waals surface area contributed by atoms with Gasteiger partial charge in [-0.2, -0.15) is 0 Å². The lowest BCUT2D eigenvalue weighted by Gasteiger charge is -2.15. The number of nitrogens with one attached hydrogen (secondary N) is 1. The number of halogens is 1. The third kappa shape index (κ3) is 5.03. The maximum Gasteiger partial charge on any atom is 0.224 e. The Balaban J connectivity index is 1.54. The van der Waals surface area contributed by atoms with E-state index in [4.69, 9.17) is 10.5 Å². The number of anilines is 1. The van der Waals surface area contributed by atoms with E-state index in [2.05, 4.69) is 5.32 Å².